The minimum Gasteiger partial charge on any atom is -0.327 e. The predicted molar refractivity (Wildman–Crippen MR) is 77.9 cm³/mol. The molecule has 2 saturated heterocycles. The number of nitrogens with two attached hydrogens (primary N) is 1. The van der Waals surface area contributed by atoms with Crippen LogP contribution >= 0.6 is 11.3 Å². The maximum atomic E-state index is 6.45. The molecule has 0 radical (unpaired) electrons. The van der Waals surface area contributed by atoms with Crippen molar-refractivity contribution in [2.24, 2.45) is 11.7 Å². The third-order valence-electron chi connectivity index (χ3n) is 5.04. The SMILES string of the molecule is CN1C2CCC1CC(C(N)CCc1cccs1)C2. The van der Waals surface area contributed by atoms with Crippen LogP contribution in [0.1, 0.15) is 37.0 Å². The van der Waals surface area contributed by atoms with E-state index in [0.29, 0.717) is 6.04 Å². The zero-order valence-corrected chi connectivity index (χ0v) is 12.0. The van der Waals surface area contributed by atoms with Crippen molar-refractivity contribution in [1.29, 1.82) is 0 Å². The molecule has 0 saturated carbocycles. The summed E-state index contributed by atoms with van der Waals surface area (Å²) in [7, 11) is 2.30. The van der Waals surface area contributed by atoms with Crippen LogP contribution in [0.3, 0.4) is 0 Å². The van der Waals surface area contributed by atoms with E-state index in [1.165, 1.54) is 37.0 Å². The Balaban J connectivity index is 1.52. The maximum Gasteiger partial charge on any atom is 0.00989 e. The summed E-state index contributed by atoms with van der Waals surface area (Å²) in [6.07, 6.45) is 7.79. The Bertz CT molecular complexity index is 362. The average molecular weight is 264 g/mol. The van der Waals surface area contributed by atoms with E-state index in [9.17, 15) is 0 Å². The molecule has 18 heavy (non-hydrogen) atoms. The fourth-order valence-electron chi connectivity index (χ4n) is 3.80. The standard InChI is InChI=1S/C15H24N2S/c1-17-12-4-5-13(17)10-11(9-12)15(16)7-6-14-3-2-8-18-14/h2-3,8,11-13,15H,4-7,9-10,16H2,1H3. The molecule has 3 rings (SSSR count). The van der Waals surface area contributed by atoms with Crippen LogP contribution in [0.4, 0.5) is 0 Å². The number of piperidine rings is 1. The number of hydrogen-bond donors (Lipinski definition) is 1. The normalized spacial score (nSPS) is 33.8. The molecule has 3 unspecified atom stereocenters. The molecule has 3 atom stereocenters. The van der Waals surface area contributed by atoms with Crippen molar-refractivity contribution in [1.82, 2.24) is 4.90 Å². The van der Waals surface area contributed by atoms with E-state index >= 15 is 0 Å². The summed E-state index contributed by atoms with van der Waals surface area (Å²) in [6, 6.07) is 6.42. The highest BCUT2D eigenvalue weighted by Crippen LogP contribution is 2.38. The van der Waals surface area contributed by atoms with Crippen LogP contribution in [0, 0.1) is 5.92 Å². The van der Waals surface area contributed by atoms with Gasteiger partial charge in [-0.1, -0.05) is 6.07 Å². The number of nitrogens with zero attached hydrogens (tertiary/aromatic N) is 1. The van der Waals surface area contributed by atoms with Gasteiger partial charge >= 0.3 is 0 Å². The number of fused-ring (bicyclic) bond motifs is 2. The van der Waals surface area contributed by atoms with Gasteiger partial charge < -0.3 is 10.6 Å². The van der Waals surface area contributed by atoms with E-state index in [-0.39, 0.29) is 0 Å². The summed E-state index contributed by atoms with van der Waals surface area (Å²) in [4.78, 5) is 4.09. The van der Waals surface area contributed by atoms with Gasteiger partial charge in [0.05, 0.1) is 0 Å². The first kappa shape index (κ1) is 12.6. The monoisotopic (exact) mass is 264 g/mol. The van der Waals surface area contributed by atoms with Crippen LogP contribution in [0.2, 0.25) is 0 Å². The second-order valence-corrected chi connectivity index (χ2v) is 7.10. The van der Waals surface area contributed by atoms with Gasteiger partial charge in [0.15, 0.2) is 0 Å². The zero-order chi connectivity index (χ0) is 12.5. The van der Waals surface area contributed by atoms with Crippen molar-refractivity contribution in [2.45, 2.75) is 56.7 Å². The van der Waals surface area contributed by atoms with Crippen molar-refractivity contribution in [3.63, 3.8) is 0 Å². The first-order valence-corrected chi connectivity index (χ1v) is 8.12. The molecule has 2 bridgehead atoms. The first-order valence-electron chi connectivity index (χ1n) is 7.24. The molecule has 100 valence electrons. The smallest absolute Gasteiger partial charge is 0.00989 e. The molecule has 3 heterocycles. The molecule has 0 spiro atoms. The van der Waals surface area contributed by atoms with E-state index in [1.54, 1.807) is 0 Å². The van der Waals surface area contributed by atoms with Crippen LogP contribution in [0.5, 0.6) is 0 Å². The van der Waals surface area contributed by atoms with E-state index in [2.05, 4.69) is 29.5 Å². The van der Waals surface area contributed by atoms with E-state index in [1.807, 2.05) is 11.3 Å². The third kappa shape index (κ3) is 2.49. The molecule has 2 aliphatic heterocycles. The molecular formula is C15H24N2S. The maximum absolute atomic E-state index is 6.45. The zero-order valence-electron chi connectivity index (χ0n) is 11.2. The molecule has 0 amide bonds. The quantitative estimate of drug-likeness (QED) is 0.906. The summed E-state index contributed by atoms with van der Waals surface area (Å²) >= 11 is 1.86. The van der Waals surface area contributed by atoms with Crippen molar-refractivity contribution < 1.29 is 0 Å². The van der Waals surface area contributed by atoms with Crippen LogP contribution in [-0.2, 0) is 6.42 Å². The molecular weight excluding hydrogens is 240 g/mol. The Morgan fingerprint density at radius 2 is 2.11 bits per heavy atom. The molecule has 3 heteroatoms. The minimum absolute atomic E-state index is 0.406. The van der Waals surface area contributed by atoms with Crippen molar-refractivity contribution in [3.05, 3.63) is 22.4 Å². The molecule has 1 aromatic rings. The van der Waals surface area contributed by atoms with Gasteiger partial charge in [-0.15, -0.1) is 11.3 Å². The Morgan fingerprint density at radius 1 is 1.39 bits per heavy atom. The van der Waals surface area contributed by atoms with E-state index in [0.717, 1.165) is 24.4 Å². The summed E-state index contributed by atoms with van der Waals surface area (Å²) in [5.74, 6) is 0.763. The minimum atomic E-state index is 0.406. The Labute approximate surface area is 114 Å². The van der Waals surface area contributed by atoms with Gasteiger partial charge in [0.25, 0.3) is 0 Å². The van der Waals surface area contributed by atoms with Crippen LogP contribution in [0.15, 0.2) is 17.5 Å². The lowest BCUT2D eigenvalue weighted by atomic mass is 9.83. The second kappa shape index (κ2) is 5.32. The highest BCUT2D eigenvalue weighted by molar-refractivity contribution is 7.09. The fraction of sp³-hybridized carbons (Fsp3) is 0.733. The first-order chi connectivity index (χ1) is 8.74. The highest BCUT2D eigenvalue weighted by atomic mass is 32.1. The van der Waals surface area contributed by atoms with E-state index < -0.39 is 0 Å². The summed E-state index contributed by atoms with van der Waals surface area (Å²) in [6.45, 7) is 0. The lowest BCUT2D eigenvalue weighted by Gasteiger charge is -2.38. The van der Waals surface area contributed by atoms with Crippen LogP contribution < -0.4 is 5.73 Å². The molecule has 1 aromatic heterocycles. The number of thiophene rings is 1. The van der Waals surface area contributed by atoms with Gasteiger partial charge in [-0.25, -0.2) is 0 Å². The molecule has 2 nitrogen and oxygen atoms in total. The number of aryl methyl sites for hydroxylation is 1. The Morgan fingerprint density at radius 3 is 2.72 bits per heavy atom. The molecule has 2 N–H and O–H groups in total. The Hall–Kier alpha value is -0.380. The number of hydrogen-bond acceptors (Lipinski definition) is 3. The fourth-order valence-corrected chi connectivity index (χ4v) is 4.53. The van der Waals surface area contributed by atoms with Crippen LogP contribution in [0.25, 0.3) is 0 Å². The summed E-state index contributed by atoms with van der Waals surface area (Å²) < 4.78 is 0. The largest absolute Gasteiger partial charge is 0.327 e. The molecule has 0 aromatic carbocycles. The summed E-state index contributed by atoms with van der Waals surface area (Å²) in [5.41, 5.74) is 6.45. The lowest BCUT2D eigenvalue weighted by Crippen LogP contribution is -2.45. The van der Waals surface area contributed by atoms with Crippen LogP contribution in [-0.4, -0.2) is 30.1 Å². The van der Waals surface area contributed by atoms with Gasteiger partial charge in [-0.2, -0.15) is 0 Å². The van der Waals surface area contributed by atoms with Crippen molar-refractivity contribution in [2.75, 3.05) is 7.05 Å². The Kier molecular flexibility index (Phi) is 3.73. The van der Waals surface area contributed by atoms with Gasteiger partial charge in [0.2, 0.25) is 0 Å². The van der Waals surface area contributed by atoms with E-state index in [4.69, 9.17) is 5.73 Å². The van der Waals surface area contributed by atoms with Crippen molar-refractivity contribution in [3.8, 4) is 0 Å². The average Bonchev–Trinajstić information content (AvgIpc) is 2.93. The second-order valence-electron chi connectivity index (χ2n) is 6.06. The lowest BCUT2D eigenvalue weighted by molar-refractivity contribution is 0.119. The van der Waals surface area contributed by atoms with Gasteiger partial charge in [-0.05, 0) is 62.9 Å². The van der Waals surface area contributed by atoms with Gasteiger partial charge in [0, 0.05) is 23.0 Å². The van der Waals surface area contributed by atoms with Crippen molar-refractivity contribution >= 4 is 11.3 Å². The molecule has 0 aliphatic carbocycles. The topological polar surface area (TPSA) is 29.3 Å². The van der Waals surface area contributed by atoms with Gasteiger partial charge in [0.1, 0.15) is 0 Å². The third-order valence-corrected chi connectivity index (χ3v) is 5.98. The molecule has 2 fully saturated rings. The van der Waals surface area contributed by atoms with Gasteiger partial charge in [-0.3, -0.25) is 0 Å². The predicted octanol–water partition coefficient (Wildman–Crippen LogP) is 2.88. The summed E-state index contributed by atoms with van der Waals surface area (Å²) in [5, 5.41) is 2.16. The highest BCUT2D eigenvalue weighted by Gasteiger charge is 2.39. The number of rotatable bonds is 4. The molecule has 2 aliphatic rings.